The molecule has 4 N–H and O–H groups in total. The number of aliphatic hydroxyl groups is 1. The molecule has 0 aliphatic heterocycles. The third-order valence-corrected chi connectivity index (χ3v) is 3.75. The smallest absolute Gasteiger partial charge is 0.224 e. The van der Waals surface area contributed by atoms with E-state index in [0.717, 1.165) is 19.3 Å². The number of rotatable bonds is 6. The highest BCUT2D eigenvalue weighted by atomic mass is 35.5. The first-order valence-electron chi connectivity index (χ1n) is 6.22. The van der Waals surface area contributed by atoms with Gasteiger partial charge in [-0.2, -0.15) is 0 Å². The number of hydrogen-bond acceptors (Lipinski definition) is 3. The molecule has 0 spiro atoms. The Bertz CT molecular complexity index is 231. The second-order valence-electron chi connectivity index (χ2n) is 5.04. The molecule has 0 aromatic carbocycles. The Kier molecular flexibility index (Phi) is 7.75. The minimum absolute atomic E-state index is 0. The van der Waals surface area contributed by atoms with E-state index in [1.807, 2.05) is 6.92 Å². The van der Waals surface area contributed by atoms with Gasteiger partial charge >= 0.3 is 0 Å². The summed E-state index contributed by atoms with van der Waals surface area (Å²) < 4.78 is 0. The number of carbonyl (C=O) groups excluding carboxylic acids is 1. The third kappa shape index (κ3) is 4.82. The fraction of sp³-hybridized carbons (Fsp3) is 0.917. The topological polar surface area (TPSA) is 75.4 Å². The number of halogens is 1. The van der Waals surface area contributed by atoms with Gasteiger partial charge in [-0.25, -0.2) is 0 Å². The Hall–Kier alpha value is -0.320. The number of nitrogens with two attached hydrogens (primary N) is 1. The van der Waals surface area contributed by atoms with Gasteiger partial charge in [0.2, 0.25) is 5.91 Å². The standard InChI is InChI=1S/C12H24N2O2.ClH/c1-10(8-13)11(16)14-9-12(6-7-15)4-2-3-5-12;/h10,15H,2-9,13H2,1H3,(H,14,16);1H. The Morgan fingerprint density at radius 3 is 2.53 bits per heavy atom. The van der Waals surface area contributed by atoms with Crippen LogP contribution in [0.15, 0.2) is 0 Å². The number of amides is 1. The lowest BCUT2D eigenvalue weighted by atomic mass is 9.83. The summed E-state index contributed by atoms with van der Waals surface area (Å²) in [6.07, 6.45) is 5.45. The Balaban J connectivity index is 0.00000256. The van der Waals surface area contributed by atoms with Gasteiger partial charge in [0.15, 0.2) is 0 Å². The molecule has 1 aliphatic carbocycles. The molecule has 5 heteroatoms. The summed E-state index contributed by atoms with van der Waals surface area (Å²) >= 11 is 0. The molecule has 1 rings (SSSR count). The molecule has 4 nitrogen and oxygen atoms in total. The first-order valence-corrected chi connectivity index (χ1v) is 6.22. The van der Waals surface area contributed by atoms with Gasteiger partial charge in [0, 0.05) is 25.6 Å². The summed E-state index contributed by atoms with van der Waals surface area (Å²) in [4.78, 5) is 11.6. The average molecular weight is 265 g/mol. The molecule has 1 unspecified atom stereocenters. The molecule has 1 amide bonds. The van der Waals surface area contributed by atoms with Crippen molar-refractivity contribution in [1.29, 1.82) is 0 Å². The van der Waals surface area contributed by atoms with Crippen LogP contribution in [-0.4, -0.2) is 30.7 Å². The van der Waals surface area contributed by atoms with Crippen LogP contribution in [-0.2, 0) is 4.79 Å². The van der Waals surface area contributed by atoms with Gasteiger partial charge in [0.25, 0.3) is 0 Å². The molecule has 1 fully saturated rings. The highest BCUT2D eigenvalue weighted by Gasteiger charge is 2.33. The molecule has 0 radical (unpaired) electrons. The Labute approximate surface area is 110 Å². The number of carbonyl (C=O) groups is 1. The van der Waals surface area contributed by atoms with Gasteiger partial charge in [-0.3, -0.25) is 4.79 Å². The zero-order chi connectivity index (χ0) is 12.0. The SMILES string of the molecule is CC(CN)C(=O)NCC1(CCO)CCCC1.Cl. The second-order valence-corrected chi connectivity index (χ2v) is 5.04. The maximum Gasteiger partial charge on any atom is 0.224 e. The van der Waals surface area contributed by atoms with Crippen LogP contribution in [0.4, 0.5) is 0 Å². The van der Waals surface area contributed by atoms with Crippen molar-refractivity contribution in [2.24, 2.45) is 17.1 Å². The monoisotopic (exact) mass is 264 g/mol. The van der Waals surface area contributed by atoms with E-state index in [1.165, 1.54) is 12.8 Å². The van der Waals surface area contributed by atoms with E-state index in [9.17, 15) is 4.79 Å². The molecule has 1 saturated carbocycles. The maximum absolute atomic E-state index is 11.6. The summed E-state index contributed by atoms with van der Waals surface area (Å²) in [5, 5.41) is 12.1. The summed E-state index contributed by atoms with van der Waals surface area (Å²) in [5.41, 5.74) is 5.59. The van der Waals surface area contributed by atoms with Crippen LogP contribution >= 0.6 is 12.4 Å². The van der Waals surface area contributed by atoms with Crippen LogP contribution < -0.4 is 11.1 Å². The van der Waals surface area contributed by atoms with E-state index >= 15 is 0 Å². The maximum atomic E-state index is 11.6. The van der Waals surface area contributed by atoms with Crippen molar-refractivity contribution in [2.75, 3.05) is 19.7 Å². The van der Waals surface area contributed by atoms with Crippen LogP contribution in [0.3, 0.4) is 0 Å². The zero-order valence-corrected chi connectivity index (χ0v) is 11.4. The van der Waals surface area contributed by atoms with Crippen molar-refractivity contribution in [3.05, 3.63) is 0 Å². The predicted octanol–water partition coefficient (Wildman–Crippen LogP) is 1.06. The molecule has 0 aromatic rings. The minimum atomic E-state index is -0.118. The normalized spacial score (nSPS) is 19.5. The van der Waals surface area contributed by atoms with Gasteiger partial charge in [-0.15, -0.1) is 12.4 Å². The zero-order valence-electron chi connectivity index (χ0n) is 10.6. The van der Waals surface area contributed by atoms with Crippen molar-refractivity contribution >= 4 is 18.3 Å². The van der Waals surface area contributed by atoms with E-state index in [4.69, 9.17) is 10.8 Å². The number of aliphatic hydroxyl groups excluding tert-OH is 1. The molecule has 1 atom stereocenters. The lowest BCUT2D eigenvalue weighted by molar-refractivity contribution is -0.124. The molecule has 0 saturated heterocycles. The minimum Gasteiger partial charge on any atom is -0.396 e. The Morgan fingerprint density at radius 1 is 1.47 bits per heavy atom. The highest BCUT2D eigenvalue weighted by molar-refractivity contribution is 5.85. The predicted molar refractivity (Wildman–Crippen MR) is 71.1 cm³/mol. The fourth-order valence-corrected chi connectivity index (χ4v) is 2.43. The fourth-order valence-electron chi connectivity index (χ4n) is 2.43. The van der Waals surface area contributed by atoms with Gasteiger partial charge < -0.3 is 16.2 Å². The van der Waals surface area contributed by atoms with Gasteiger partial charge in [-0.1, -0.05) is 19.8 Å². The lowest BCUT2D eigenvalue weighted by Crippen LogP contribution is -2.40. The Morgan fingerprint density at radius 2 is 2.06 bits per heavy atom. The van der Waals surface area contributed by atoms with Crippen molar-refractivity contribution in [3.63, 3.8) is 0 Å². The lowest BCUT2D eigenvalue weighted by Gasteiger charge is -2.29. The van der Waals surface area contributed by atoms with E-state index in [2.05, 4.69) is 5.32 Å². The van der Waals surface area contributed by atoms with Crippen LogP contribution in [0.2, 0.25) is 0 Å². The van der Waals surface area contributed by atoms with Crippen molar-refractivity contribution < 1.29 is 9.90 Å². The molecule has 0 aromatic heterocycles. The van der Waals surface area contributed by atoms with Crippen LogP contribution in [0.5, 0.6) is 0 Å². The van der Waals surface area contributed by atoms with Crippen molar-refractivity contribution in [2.45, 2.75) is 39.0 Å². The van der Waals surface area contributed by atoms with Gasteiger partial charge in [-0.05, 0) is 24.7 Å². The number of nitrogens with one attached hydrogen (secondary N) is 1. The summed E-state index contributed by atoms with van der Waals surface area (Å²) in [6, 6.07) is 0. The number of hydrogen-bond donors (Lipinski definition) is 3. The van der Waals surface area contributed by atoms with E-state index in [0.29, 0.717) is 13.1 Å². The molecule has 0 heterocycles. The largest absolute Gasteiger partial charge is 0.396 e. The first kappa shape index (κ1) is 16.7. The van der Waals surface area contributed by atoms with Crippen molar-refractivity contribution in [1.82, 2.24) is 5.32 Å². The summed E-state index contributed by atoms with van der Waals surface area (Å²) in [6.45, 7) is 3.13. The summed E-state index contributed by atoms with van der Waals surface area (Å²) in [5.74, 6) is -0.0840. The quantitative estimate of drug-likeness (QED) is 0.672. The third-order valence-electron chi connectivity index (χ3n) is 3.75. The van der Waals surface area contributed by atoms with Crippen LogP contribution in [0, 0.1) is 11.3 Å². The first-order chi connectivity index (χ1) is 7.63. The van der Waals surface area contributed by atoms with Crippen LogP contribution in [0.25, 0.3) is 0 Å². The molecular weight excluding hydrogens is 240 g/mol. The molecular formula is C12H25ClN2O2. The van der Waals surface area contributed by atoms with Gasteiger partial charge in [0.1, 0.15) is 0 Å². The van der Waals surface area contributed by atoms with Gasteiger partial charge in [0.05, 0.1) is 0 Å². The molecule has 102 valence electrons. The van der Waals surface area contributed by atoms with E-state index in [1.54, 1.807) is 0 Å². The highest BCUT2D eigenvalue weighted by Crippen LogP contribution is 2.40. The van der Waals surface area contributed by atoms with E-state index < -0.39 is 0 Å². The molecule has 1 aliphatic rings. The van der Waals surface area contributed by atoms with Crippen LogP contribution in [0.1, 0.15) is 39.0 Å². The second kappa shape index (κ2) is 7.90. The molecule has 0 bridgehead atoms. The van der Waals surface area contributed by atoms with Crippen molar-refractivity contribution in [3.8, 4) is 0 Å². The summed E-state index contributed by atoms with van der Waals surface area (Å²) in [7, 11) is 0. The molecule has 17 heavy (non-hydrogen) atoms. The average Bonchev–Trinajstić information content (AvgIpc) is 2.74. The van der Waals surface area contributed by atoms with E-state index in [-0.39, 0.29) is 36.3 Å².